The summed E-state index contributed by atoms with van der Waals surface area (Å²) in [5.41, 5.74) is 4.67. The van der Waals surface area contributed by atoms with E-state index in [1.54, 1.807) is 13.8 Å². The summed E-state index contributed by atoms with van der Waals surface area (Å²) in [5, 5.41) is 11.9. The lowest BCUT2D eigenvalue weighted by Crippen LogP contribution is -2.56. The number of nitrogens with zero attached hydrogens (tertiary/aromatic N) is 1. The van der Waals surface area contributed by atoms with Crippen LogP contribution in [-0.2, 0) is 9.59 Å². The number of hydrogen-bond acceptors (Lipinski definition) is 4. The summed E-state index contributed by atoms with van der Waals surface area (Å²) in [5.74, 6) is -1.19. The van der Waals surface area contributed by atoms with Gasteiger partial charge in [-0.2, -0.15) is 0 Å². The van der Waals surface area contributed by atoms with Gasteiger partial charge in [0.25, 0.3) is 0 Å². The van der Waals surface area contributed by atoms with Crippen LogP contribution in [0.1, 0.15) is 39.5 Å². The van der Waals surface area contributed by atoms with Crippen LogP contribution in [0.3, 0.4) is 0 Å². The molecule has 0 atom stereocenters. The summed E-state index contributed by atoms with van der Waals surface area (Å²) < 4.78 is 0. The Labute approximate surface area is 114 Å². The van der Waals surface area contributed by atoms with E-state index in [0.717, 1.165) is 25.9 Å². The maximum atomic E-state index is 12.0. The molecule has 1 aliphatic heterocycles. The maximum absolute atomic E-state index is 12.0. The van der Waals surface area contributed by atoms with E-state index in [4.69, 9.17) is 5.73 Å². The molecule has 0 radical (unpaired) electrons. The fourth-order valence-electron chi connectivity index (χ4n) is 2.40. The first-order valence-corrected chi connectivity index (χ1v) is 6.96. The van der Waals surface area contributed by atoms with Crippen molar-refractivity contribution in [2.75, 3.05) is 19.6 Å². The highest BCUT2D eigenvalue weighted by molar-refractivity contribution is 5.87. The second-order valence-corrected chi connectivity index (χ2v) is 5.26. The molecule has 0 saturated carbocycles. The van der Waals surface area contributed by atoms with Gasteiger partial charge >= 0.3 is 5.97 Å². The molecule has 6 nitrogen and oxygen atoms in total. The maximum Gasteiger partial charge on any atom is 0.329 e. The van der Waals surface area contributed by atoms with Crippen molar-refractivity contribution < 1.29 is 14.7 Å². The molecule has 1 amide bonds. The van der Waals surface area contributed by atoms with Gasteiger partial charge in [0.1, 0.15) is 5.54 Å². The number of aliphatic carboxylic acids is 1. The lowest BCUT2D eigenvalue weighted by molar-refractivity contribution is -0.148. The van der Waals surface area contributed by atoms with Crippen molar-refractivity contribution in [2.24, 2.45) is 5.73 Å². The number of nitrogens with two attached hydrogens (primary N) is 1. The first kappa shape index (κ1) is 15.9. The van der Waals surface area contributed by atoms with Crippen molar-refractivity contribution in [3.63, 3.8) is 0 Å². The van der Waals surface area contributed by atoms with E-state index in [9.17, 15) is 14.7 Å². The van der Waals surface area contributed by atoms with Gasteiger partial charge in [0.15, 0.2) is 0 Å². The van der Waals surface area contributed by atoms with Crippen molar-refractivity contribution in [3.05, 3.63) is 0 Å². The topological polar surface area (TPSA) is 95.7 Å². The van der Waals surface area contributed by atoms with E-state index in [1.807, 2.05) is 4.90 Å². The number of carbonyl (C=O) groups is 2. The number of carbonyl (C=O) groups excluding carboxylic acids is 1. The zero-order valence-electron chi connectivity index (χ0n) is 11.8. The van der Waals surface area contributed by atoms with E-state index in [-0.39, 0.29) is 18.5 Å². The van der Waals surface area contributed by atoms with E-state index < -0.39 is 11.5 Å². The molecule has 1 saturated heterocycles. The summed E-state index contributed by atoms with van der Waals surface area (Å²) in [4.78, 5) is 25.3. The molecular weight excluding hydrogens is 246 g/mol. The van der Waals surface area contributed by atoms with Gasteiger partial charge in [0.2, 0.25) is 5.91 Å². The van der Waals surface area contributed by atoms with Gasteiger partial charge < -0.3 is 16.2 Å². The highest BCUT2D eigenvalue weighted by Crippen LogP contribution is 2.15. The standard InChI is InChI=1S/C13H25N3O3/c1-3-13(4-2,12(18)19)15-11(17)9-16-7-5-10(14)6-8-16/h10H,3-9,14H2,1-2H3,(H,15,17)(H,18,19). The molecule has 4 N–H and O–H groups in total. The van der Waals surface area contributed by atoms with Crippen molar-refractivity contribution >= 4 is 11.9 Å². The molecular formula is C13H25N3O3. The summed E-state index contributed by atoms with van der Waals surface area (Å²) in [6.07, 6.45) is 2.54. The van der Waals surface area contributed by atoms with Crippen molar-refractivity contribution in [3.8, 4) is 0 Å². The summed E-state index contributed by atoms with van der Waals surface area (Å²) >= 11 is 0. The third kappa shape index (κ3) is 4.18. The van der Waals surface area contributed by atoms with Gasteiger partial charge in [-0.1, -0.05) is 13.8 Å². The van der Waals surface area contributed by atoms with Gasteiger partial charge in [-0.25, -0.2) is 4.79 Å². The van der Waals surface area contributed by atoms with E-state index in [0.29, 0.717) is 12.8 Å². The molecule has 0 unspecified atom stereocenters. The molecule has 0 aromatic carbocycles. The van der Waals surface area contributed by atoms with Gasteiger partial charge in [0.05, 0.1) is 6.54 Å². The molecule has 1 heterocycles. The van der Waals surface area contributed by atoms with Crippen LogP contribution in [0.2, 0.25) is 0 Å². The number of nitrogens with one attached hydrogen (secondary N) is 1. The van der Waals surface area contributed by atoms with Crippen LogP contribution in [-0.4, -0.2) is 53.1 Å². The quantitative estimate of drug-likeness (QED) is 0.640. The SMILES string of the molecule is CCC(CC)(NC(=O)CN1CCC(N)CC1)C(=O)O. The largest absolute Gasteiger partial charge is 0.480 e. The Bertz CT molecular complexity index is 321. The third-order valence-corrected chi connectivity index (χ3v) is 3.99. The van der Waals surface area contributed by atoms with E-state index in [2.05, 4.69) is 5.32 Å². The van der Waals surface area contributed by atoms with Crippen LogP contribution < -0.4 is 11.1 Å². The van der Waals surface area contributed by atoms with Crippen LogP contribution in [0.15, 0.2) is 0 Å². The Morgan fingerprint density at radius 3 is 2.26 bits per heavy atom. The minimum atomic E-state index is -1.14. The smallest absolute Gasteiger partial charge is 0.329 e. The predicted molar refractivity (Wildman–Crippen MR) is 72.7 cm³/mol. The molecule has 1 aliphatic rings. The van der Waals surface area contributed by atoms with Crippen LogP contribution in [0.25, 0.3) is 0 Å². The number of amides is 1. The van der Waals surface area contributed by atoms with Gasteiger partial charge in [-0.05, 0) is 25.7 Å². The fourth-order valence-corrected chi connectivity index (χ4v) is 2.40. The number of likely N-dealkylation sites (tertiary alicyclic amines) is 1. The van der Waals surface area contributed by atoms with Crippen LogP contribution in [0.4, 0.5) is 0 Å². The summed E-state index contributed by atoms with van der Waals surface area (Å²) in [7, 11) is 0. The van der Waals surface area contributed by atoms with Crippen molar-refractivity contribution in [1.82, 2.24) is 10.2 Å². The Morgan fingerprint density at radius 2 is 1.84 bits per heavy atom. The van der Waals surface area contributed by atoms with Crippen molar-refractivity contribution in [1.29, 1.82) is 0 Å². The zero-order chi connectivity index (χ0) is 14.5. The lowest BCUT2D eigenvalue weighted by atomic mass is 9.93. The Morgan fingerprint density at radius 1 is 1.32 bits per heavy atom. The zero-order valence-corrected chi connectivity index (χ0v) is 11.8. The molecule has 0 aliphatic carbocycles. The summed E-state index contributed by atoms with van der Waals surface area (Å²) in [6.45, 7) is 5.40. The second-order valence-electron chi connectivity index (χ2n) is 5.26. The third-order valence-electron chi connectivity index (χ3n) is 3.99. The first-order chi connectivity index (χ1) is 8.93. The minimum Gasteiger partial charge on any atom is -0.480 e. The number of carboxylic acids is 1. The first-order valence-electron chi connectivity index (χ1n) is 6.96. The Balaban J connectivity index is 2.51. The monoisotopic (exact) mass is 271 g/mol. The number of piperidine rings is 1. The highest BCUT2D eigenvalue weighted by Gasteiger charge is 2.36. The highest BCUT2D eigenvalue weighted by atomic mass is 16.4. The molecule has 0 aromatic heterocycles. The van der Waals surface area contributed by atoms with Gasteiger partial charge in [-0.15, -0.1) is 0 Å². The second kappa shape index (κ2) is 6.86. The molecule has 1 rings (SSSR count). The van der Waals surface area contributed by atoms with E-state index in [1.165, 1.54) is 0 Å². The minimum absolute atomic E-state index is 0.221. The Hall–Kier alpha value is -1.14. The number of hydrogen-bond donors (Lipinski definition) is 3. The molecule has 0 aromatic rings. The fraction of sp³-hybridized carbons (Fsp3) is 0.846. The van der Waals surface area contributed by atoms with Gasteiger partial charge in [-0.3, -0.25) is 9.69 Å². The molecule has 110 valence electrons. The molecule has 19 heavy (non-hydrogen) atoms. The van der Waals surface area contributed by atoms with Crippen LogP contribution in [0, 0.1) is 0 Å². The molecule has 1 fully saturated rings. The molecule has 0 spiro atoms. The predicted octanol–water partition coefficient (Wildman–Crippen LogP) is 0.169. The molecule has 0 bridgehead atoms. The Kier molecular flexibility index (Phi) is 5.75. The number of carboxylic acid groups (broad SMARTS) is 1. The van der Waals surface area contributed by atoms with Crippen LogP contribution >= 0.6 is 0 Å². The average Bonchev–Trinajstić information content (AvgIpc) is 2.38. The molecule has 6 heteroatoms. The van der Waals surface area contributed by atoms with Crippen molar-refractivity contribution in [2.45, 2.75) is 51.1 Å². The van der Waals surface area contributed by atoms with Crippen LogP contribution in [0.5, 0.6) is 0 Å². The van der Waals surface area contributed by atoms with Gasteiger partial charge in [0, 0.05) is 19.1 Å². The number of rotatable bonds is 6. The lowest BCUT2D eigenvalue weighted by Gasteiger charge is -2.32. The summed E-state index contributed by atoms with van der Waals surface area (Å²) in [6, 6.07) is 0.226. The average molecular weight is 271 g/mol. The van der Waals surface area contributed by atoms with E-state index >= 15 is 0 Å². The normalized spacial score (nSPS) is 18.3.